The Morgan fingerprint density at radius 1 is 1.53 bits per heavy atom. The molecule has 0 radical (unpaired) electrons. The number of aliphatic carboxylic acids is 1. The third-order valence-electron chi connectivity index (χ3n) is 3.61. The number of nitrogens with zero attached hydrogens (tertiary/aromatic N) is 3. The molecule has 5 nitrogen and oxygen atoms in total. The monoisotopic (exact) mass is 259 g/mol. The van der Waals surface area contributed by atoms with Gasteiger partial charge in [0.25, 0.3) is 0 Å². The zero-order valence-electron chi connectivity index (χ0n) is 10.9. The van der Waals surface area contributed by atoms with Crippen molar-refractivity contribution in [3.63, 3.8) is 0 Å². The van der Waals surface area contributed by atoms with Gasteiger partial charge < -0.3 is 9.51 Å². The Bertz CT molecular complexity index is 614. The number of aryl methyl sites for hydroxylation is 1. The van der Waals surface area contributed by atoms with E-state index in [4.69, 9.17) is 5.11 Å². The molecule has 2 aromatic heterocycles. The quantitative estimate of drug-likeness (QED) is 0.905. The molecule has 0 spiro atoms. The van der Waals surface area contributed by atoms with Crippen LogP contribution in [0.15, 0.2) is 24.5 Å². The van der Waals surface area contributed by atoms with E-state index < -0.39 is 5.97 Å². The second kappa shape index (κ2) is 4.66. The van der Waals surface area contributed by atoms with Crippen molar-refractivity contribution in [1.82, 2.24) is 14.3 Å². The van der Waals surface area contributed by atoms with Gasteiger partial charge in [-0.3, -0.25) is 9.69 Å². The van der Waals surface area contributed by atoms with Crippen molar-refractivity contribution >= 4 is 11.6 Å². The van der Waals surface area contributed by atoms with Gasteiger partial charge in [0.05, 0.1) is 12.1 Å². The van der Waals surface area contributed by atoms with Crippen LogP contribution >= 0.6 is 0 Å². The van der Waals surface area contributed by atoms with E-state index in [1.165, 1.54) is 5.56 Å². The number of carboxylic acid groups (broad SMARTS) is 1. The lowest BCUT2D eigenvalue weighted by Crippen LogP contribution is -2.46. The van der Waals surface area contributed by atoms with Crippen LogP contribution in [-0.2, 0) is 11.3 Å². The van der Waals surface area contributed by atoms with Gasteiger partial charge in [0.1, 0.15) is 5.65 Å². The van der Waals surface area contributed by atoms with Crippen molar-refractivity contribution in [3.05, 3.63) is 35.8 Å². The summed E-state index contributed by atoms with van der Waals surface area (Å²) in [6.45, 7) is 4.58. The molecule has 1 aliphatic heterocycles. The molecule has 3 rings (SSSR count). The minimum Gasteiger partial charge on any atom is -0.481 e. The minimum absolute atomic E-state index is 0.279. The predicted octanol–water partition coefficient (Wildman–Crippen LogP) is 1.55. The summed E-state index contributed by atoms with van der Waals surface area (Å²) in [7, 11) is 0. The topological polar surface area (TPSA) is 57.8 Å². The molecule has 0 saturated carbocycles. The van der Waals surface area contributed by atoms with E-state index in [1.807, 2.05) is 22.9 Å². The van der Waals surface area contributed by atoms with Gasteiger partial charge in [-0.1, -0.05) is 6.07 Å². The molecule has 3 heterocycles. The number of carbonyl (C=O) groups is 1. The molecule has 5 heteroatoms. The summed E-state index contributed by atoms with van der Waals surface area (Å²) in [5, 5.41) is 8.72. The molecule has 0 atom stereocenters. The zero-order chi connectivity index (χ0) is 13.4. The first-order chi connectivity index (χ1) is 9.11. The van der Waals surface area contributed by atoms with E-state index in [9.17, 15) is 4.79 Å². The number of aromatic nitrogens is 2. The summed E-state index contributed by atoms with van der Waals surface area (Å²) in [5.74, 6) is -0.399. The van der Waals surface area contributed by atoms with Gasteiger partial charge in [0.15, 0.2) is 0 Å². The van der Waals surface area contributed by atoms with Crippen molar-refractivity contribution in [2.24, 2.45) is 5.92 Å². The van der Waals surface area contributed by atoms with Crippen LogP contribution in [0.2, 0.25) is 0 Å². The maximum Gasteiger partial charge on any atom is 0.303 e. The fourth-order valence-corrected chi connectivity index (χ4v) is 2.69. The van der Waals surface area contributed by atoms with Gasteiger partial charge in [-0.25, -0.2) is 4.98 Å². The molecule has 0 amide bonds. The maximum absolute atomic E-state index is 10.6. The highest BCUT2D eigenvalue weighted by Crippen LogP contribution is 2.21. The smallest absolute Gasteiger partial charge is 0.303 e. The molecule has 0 aromatic carbocycles. The molecular weight excluding hydrogens is 242 g/mol. The number of hydrogen-bond donors (Lipinski definition) is 1. The van der Waals surface area contributed by atoms with E-state index in [2.05, 4.69) is 22.9 Å². The number of hydrogen-bond acceptors (Lipinski definition) is 3. The van der Waals surface area contributed by atoms with Crippen LogP contribution in [0.1, 0.15) is 17.7 Å². The van der Waals surface area contributed by atoms with Gasteiger partial charge in [-0.15, -0.1) is 0 Å². The summed E-state index contributed by atoms with van der Waals surface area (Å²) in [6, 6.07) is 4.07. The van der Waals surface area contributed by atoms with Crippen molar-refractivity contribution in [2.75, 3.05) is 13.1 Å². The fraction of sp³-hybridized carbons (Fsp3) is 0.429. The van der Waals surface area contributed by atoms with Crippen LogP contribution in [0.3, 0.4) is 0 Å². The Kier molecular flexibility index (Phi) is 2.98. The van der Waals surface area contributed by atoms with Crippen LogP contribution in [-0.4, -0.2) is 38.4 Å². The Balaban J connectivity index is 1.64. The number of fused-ring (bicyclic) bond motifs is 1. The molecule has 1 aliphatic rings. The highest BCUT2D eigenvalue weighted by atomic mass is 16.4. The average molecular weight is 259 g/mol. The molecule has 1 fully saturated rings. The van der Waals surface area contributed by atoms with E-state index in [1.54, 1.807) is 0 Å². The lowest BCUT2D eigenvalue weighted by Gasteiger charge is -2.38. The maximum atomic E-state index is 10.6. The SMILES string of the molecule is Cc1cccn2cc(CN3CC(CC(=O)O)C3)nc12. The summed E-state index contributed by atoms with van der Waals surface area (Å²) >= 11 is 0. The normalized spacial score (nSPS) is 16.7. The van der Waals surface area contributed by atoms with Gasteiger partial charge in [0, 0.05) is 32.0 Å². The van der Waals surface area contributed by atoms with Crippen LogP contribution in [0.25, 0.3) is 5.65 Å². The first-order valence-electron chi connectivity index (χ1n) is 6.49. The second-order valence-corrected chi connectivity index (χ2v) is 5.31. The molecule has 0 unspecified atom stereocenters. The van der Waals surface area contributed by atoms with Gasteiger partial charge in [-0.2, -0.15) is 0 Å². The van der Waals surface area contributed by atoms with E-state index >= 15 is 0 Å². The largest absolute Gasteiger partial charge is 0.481 e. The highest BCUT2D eigenvalue weighted by molar-refractivity contribution is 5.67. The molecule has 19 heavy (non-hydrogen) atoms. The Labute approximate surface area is 111 Å². The number of likely N-dealkylation sites (tertiary alicyclic amines) is 1. The number of pyridine rings is 1. The summed E-state index contributed by atoms with van der Waals surface area (Å²) in [5.41, 5.74) is 3.21. The summed E-state index contributed by atoms with van der Waals surface area (Å²) in [6.07, 6.45) is 4.33. The van der Waals surface area contributed by atoms with Gasteiger partial charge in [-0.05, 0) is 24.5 Å². The summed E-state index contributed by atoms with van der Waals surface area (Å²) in [4.78, 5) is 17.5. The lowest BCUT2D eigenvalue weighted by molar-refractivity contribution is -0.139. The second-order valence-electron chi connectivity index (χ2n) is 5.31. The van der Waals surface area contributed by atoms with E-state index in [-0.39, 0.29) is 6.42 Å². The molecule has 1 saturated heterocycles. The predicted molar refractivity (Wildman–Crippen MR) is 70.9 cm³/mol. The molecule has 100 valence electrons. The van der Waals surface area contributed by atoms with Crippen molar-refractivity contribution in [2.45, 2.75) is 19.9 Å². The van der Waals surface area contributed by atoms with Crippen LogP contribution in [0.4, 0.5) is 0 Å². The van der Waals surface area contributed by atoms with Gasteiger partial charge in [0.2, 0.25) is 0 Å². The Morgan fingerprint density at radius 2 is 2.32 bits per heavy atom. The van der Waals surface area contributed by atoms with E-state index in [0.717, 1.165) is 31.0 Å². The first kappa shape index (κ1) is 12.2. The van der Waals surface area contributed by atoms with Gasteiger partial charge >= 0.3 is 5.97 Å². The third-order valence-corrected chi connectivity index (χ3v) is 3.61. The molecule has 1 N–H and O–H groups in total. The Hall–Kier alpha value is -1.88. The minimum atomic E-state index is -0.701. The van der Waals surface area contributed by atoms with Crippen molar-refractivity contribution in [1.29, 1.82) is 0 Å². The highest BCUT2D eigenvalue weighted by Gasteiger charge is 2.28. The number of carboxylic acids is 1. The molecular formula is C14H17N3O2. The van der Waals surface area contributed by atoms with Crippen molar-refractivity contribution < 1.29 is 9.90 Å². The standard InChI is InChI=1S/C14H17N3O2/c1-10-3-2-4-17-9-12(15-14(10)17)8-16-6-11(7-16)5-13(18)19/h2-4,9,11H,5-8H2,1H3,(H,18,19). The van der Waals surface area contributed by atoms with E-state index in [0.29, 0.717) is 5.92 Å². The van der Waals surface area contributed by atoms with Crippen molar-refractivity contribution in [3.8, 4) is 0 Å². The number of rotatable bonds is 4. The third kappa shape index (κ3) is 2.46. The first-order valence-corrected chi connectivity index (χ1v) is 6.49. The van der Waals surface area contributed by atoms with Crippen LogP contribution < -0.4 is 0 Å². The average Bonchev–Trinajstić information content (AvgIpc) is 2.70. The summed E-state index contributed by atoms with van der Waals surface area (Å²) < 4.78 is 2.04. The Morgan fingerprint density at radius 3 is 3.00 bits per heavy atom. The number of imidazole rings is 1. The van der Waals surface area contributed by atoms with Crippen LogP contribution in [0, 0.1) is 12.8 Å². The molecule has 0 bridgehead atoms. The fourth-order valence-electron chi connectivity index (χ4n) is 2.69. The van der Waals surface area contributed by atoms with Crippen LogP contribution in [0.5, 0.6) is 0 Å². The molecule has 0 aliphatic carbocycles. The molecule has 2 aromatic rings. The zero-order valence-corrected chi connectivity index (χ0v) is 10.9. The lowest BCUT2D eigenvalue weighted by atomic mass is 9.96.